The monoisotopic (exact) mass is 637 g/mol. The molecule has 0 radical (unpaired) electrons. The largest absolute Gasteiger partial charge is 0.467 e. The fourth-order valence-electron chi connectivity index (χ4n) is 5.71. The summed E-state index contributed by atoms with van der Waals surface area (Å²) in [6.07, 6.45) is 0.189. The van der Waals surface area contributed by atoms with Gasteiger partial charge in [-0.3, -0.25) is 4.90 Å². The SMILES string of the molecule is COC(=O)[C@H](Cc1ccccc1)NC(=O)NCc1ccc([C@H]2O[C@@H](CN(C)Cc3ccccc3)C[C@@H](c3ccc(CO)cc3)O2)cc1. The Bertz CT molecular complexity index is 1550. The minimum absolute atomic E-state index is 0.00708. The van der Waals surface area contributed by atoms with E-state index in [1.165, 1.54) is 12.7 Å². The minimum atomic E-state index is -0.808. The first-order valence-corrected chi connectivity index (χ1v) is 15.9. The second-order valence-corrected chi connectivity index (χ2v) is 11.9. The molecule has 0 aromatic heterocycles. The zero-order valence-corrected chi connectivity index (χ0v) is 26.9. The summed E-state index contributed by atoms with van der Waals surface area (Å²) in [5, 5.41) is 15.1. The van der Waals surface area contributed by atoms with Crippen LogP contribution in [0.15, 0.2) is 109 Å². The normalized spacial score (nSPS) is 18.3. The van der Waals surface area contributed by atoms with Gasteiger partial charge in [-0.25, -0.2) is 9.59 Å². The Morgan fingerprint density at radius 1 is 0.830 bits per heavy atom. The number of aliphatic hydroxyl groups excluding tert-OH is 1. The summed E-state index contributed by atoms with van der Waals surface area (Å²) >= 11 is 0. The quantitative estimate of drug-likeness (QED) is 0.168. The molecule has 0 unspecified atom stereocenters. The summed E-state index contributed by atoms with van der Waals surface area (Å²) in [6.45, 7) is 1.80. The summed E-state index contributed by atoms with van der Waals surface area (Å²) in [4.78, 5) is 27.3. The smallest absolute Gasteiger partial charge is 0.328 e. The molecule has 5 rings (SSSR count). The van der Waals surface area contributed by atoms with Gasteiger partial charge in [-0.05, 0) is 34.9 Å². The molecule has 3 N–H and O–H groups in total. The van der Waals surface area contributed by atoms with Crippen molar-refractivity contribution in [2.45, 2.75) is 57.1 Å². The predicted molar refractivity (Wildman–Crippen MR) is 179 cm³/mol. The number of ether oxygens (including phenoxy) is 3. The number of carbonyl (C=O) groups excluding carboxylic acids is 2. The lowest BCUT2D eigenvalue weighted by Crippen LogP contribution is -2.47. The highest BCUT2D eigenvalue weighted by molar-refractivity contribution is 5.83. The molecule has 4 atom stereocenters. The second-order valence-electron chi connectivity index (χ2n) is 11.9. The van der Waals surface area contributed by atoms with E-state index < -0.39 is 24.3 Å². The number of methoxy groups -OCH3 is 1. The Hall–Kier alpha value is -4.54. The van der Waals surface area contributed by atoms with Crippen molar-refractivity contribution in [3.63, 3.8) is 0 Å². The van der Waals surface area contributed by atoms with E-state index >= 15 is 0 Å². The van der Waals surface area contributed by atoms with Gasteiger partial charge in [-0.2, -0.15) is 0 Å². The maximum absolute atomic E-state index is 12.7. The van der Waals surface area contributed by atoms with Crippen molar-refractivity contribution in [1.82, 2.24) is 15.5 Å². The van der Waals surface area contributed by atoms with Gasteiger partial charge < -0.3 is 30.0 Å². The third kappa shape index (κ3) is 9.97. The summed E-state index contributed by atoms with van der Waals surface area (Å²) in [6, 6.07) is 34.2. The van der Waals surface area contributed by atoms with Gasteiger partial charge in [-0.1, -0.05) is 109 Å². The molecule has 1 aliphatic heterocycles. The number of hydrogen-bond acceptors (Lipinski definition) is 7. The Balaban J connectivity index is 1.21. The zero-order chi connectivity index (χ0) is 33.0. The maximum atomic E-state index is 12.7. The molecule has 1 heterocycles. The second kappa shape index (κ2) is 16.9. The van der Waals surface area contributed by atoms with Crippen LogP contribution in [0.2, 0.25) is 0 Å². The highest BCUT2D eigenvalue weighted by Crippen LogP contribution is 2.38. The maximum Gasteiger partial charge on any atom is 0.328 e. The van der Waals surface area contributed by atoms with E-state index in [9.17, 15) is 14.7 Å². The molecule has 0 bridgehead atoms. The van der Waals surface area contributed by atoms with Gasteiger partial charge in [0, 0.05) is 38.0 Å². The number of nitrogens with one attached hydrogen (secondary N) is 2. The summed E-state index contributed by atoms with van der Waals surface area (Å²) in [7, 11) is 3.40. The average molecular weight is 638 g/mol. The lowest BCUT2D eigenvalue weighted by molar-refractivity contribution is -0.252. The van der Waals surface area contributed by atoms with Crippen molar-refractivity contribution in [3.8, 4) is 0 Å². The van der Waals surface area contributed by atoms with Crippen molar-refractivity contribution in [2.24, 2.45) is 0 Å². The molecule has 246 valence electrons. The van der Waals surface area contributed by atoms with Crippen LogP contribution in [0.3, 0.4) is 0 Å². The molecule has 0 spiro atoms. The number of urea groups is 1. The third-order valence-electron chi connectivity index (χ3n) is 8.20. The standard InChI is InChI=1S/C38H43N3O6/c1-41(24-29-11-7-4-8-12-29)25-33-22-35(31-17-15-30(26-42)16-18-31)47-37(46-33)32-19-13-28(14-20-32)23-39-38(44)40-34(36(43)45-2)21-27-9-5-3-6-10-27/h3-20,33-35,37,42H,21-26H2,1-2H3,(H2,39,40,44)/t33-,34+,35+,37+/m1/s1. The van der Waals surface area contributed by atoms with Crippen LogP contribution in [0, 0.1) is 0 Å². The number of nitrogens with zero attached hydrogens (tertiary/aromatic N) is 1. The molecular weight excluding hydrogens is 594 g/mol. The van der Waals surface area contributed by atoms with Crippen LogP contribution >= 0.6 is 0 Å². The van der Waals surface area contributed by atoms with E-state index in [1.807, 2.05) is 97.1 Å². The molecule has 2 amide bonds. The van der Waals surface area contributed by atoms with Crippen molar-refractivity contribution >= 4 is 12.0 Å². The van der Waals surface area contributed by atoms with E-state index in [0.29, 0.717) is 12.8 Å². The molecule has 0 aliphatic carbocycles. The van der Waals surface area contributed by atoms with Gasteiger partial charge in [0.15, 0.2) is 6.29 Å². The van der Waals surface area contributed by atoms with Crippen molar-refractivity contribution < 1.29 is 28.9 Å². The van der Waals surface area contributed by atoms with Gasteiger partial charge in [0.25, 0.3) is 0 Å². The predicted octanol–water partition coefficient (Wildman–Crippen LogP) is 5.44. The Labute approximate surface area is 276 Å². The highest BCUT2D eigenvalue weighted by Gasteiger charge is 2.33. The first-order chi connectivity index (χ1) is 22.9. The van der Waals surface area contributed by atoms with Crippen molar-refractivity contribution in [2.75, 3.05) is 20.7 Å². The third-order valence-corrected chi connectivity index (χ3v) is 8.20. The van der Waals surface area contributed by atoms with Gasteiger partial charge >= 0.3 is 12.0 Å². The Morgan fingerprint density at radius 3 is 2.09 bits per heavy atom. The lowest BCUT2D eigenvalue weighted by atomic mass is 9.99. The molecule has 9 heteroatoms. The first kappa shape index (κ1) is 33.8. The van der Waals surface area contributed by atoms with Crippen LogP contribution in [0.1, 0.15) is 52.2 Å². The van der Waals surface area contributed by atoms with Crippen molar-refractivity contribution in [3.05, 3.63) is 143 Å². The number of aliphatic hydroxyl groups is 1. The zero-order valence-electron chi connectivity index (χ0n) is 26.9. The number of amides is 2. The molecule has 1 aliphatic rings. The van der Waals surface area contributed by atoms with E-state index in [1.54, 1.807) is 0 Å². The molecule has 47 heavy (non-hydrogen) atoms. The fraction of sp³-hybridized carbons (Fsp3) is 0.316. The fourth-order valence-corrected chi connectivity index (χ4v) is 5.71. The number of likely N-dealkylation sites (N-methyl/N-ethyl adjacent to an activating group) is 1. The molecule has 4 aromatic carbocycles. The molecule has 0 saturated carbocycles. The average Bonchev–Trinajstić information content (AvgIpc) is 3.11. The highest BCUT2D eigenvalue weighted by atomic mass is 16.7. The van der Waals surface area contributed by atoms with Gasteiger partial charge in [0.2, 0.25) is 0 Å². The molecule has 1 fully saturated rings. The molecule has 9 nitrogen and oxygen atoms in total. The lowest BCUT2D eigenvalue weighted by Gasteiger charge is -2.38. The summed E-state index contributed by atoms with van der Waals surface area (Å²) < 4.78 is 17.9. The number of esters is 1. The van der Waals surface area contributed by atoms with Crippen molar-refractivity contribution in [1.29, 1.82) is 0 Å². The van der Waals surface area contributed by atoms with Gasteiger partial charge in [0.05, 0.1) is 25.9 Å². The number of carbonyl (C=O) groups is 2. The number of rotatable bonds is 13. The number of hydrogen-bond donors (Lipinski definition) is 3. The topological polar surface area (TPSA) is 109 Å². The van der Waals surface area contributed by atoms with E-state index in [-0.39, 0.29) is 25.4 Å². The van der Waals surface area contributed by atoms with Crippen LogP contribution in [0.25, 0.3) is 0 Å². The van der Waals surface area contributed by atoms with Gasteiger partial charge in [-0.15, -0.1) is 0 Å². The first-order valence-electron chi connectivity index (χ1n) is 15.9. The van der Waals surface area contributed by atoms with Gasteiger partial charge in [0.1, 0.15) is 6.04 Å². The van der Waals surface area contributed by atoms with Crippen LogP contribution in [0.5, 0.6) is 0 Å². The van der Waals surface area contributed by atoms with E-state index in [2.05, 4.69) is 34.7 Å². The van der Waals surface area contributed by atoms with Crippen LogP contribution in [-0.4, -0.2) is 54.9 Å². The van der Waals surface area contributed by atoms with Crippen LogP contribution in [0.4, 0.5) is 4.79 Å². The number of benzene rings is 4. The summed E-state index contributed by atoms with van der Waals surface area (Å²) in [5.74, 6) is -0.506. The Kier molecular flexibility index (Phi) is 12.1. The Morgan fingerprint density at radius 2 is 1.45 bits per heavy atom. The van der Waals surface area contributed by atoms with E-state index in [0.717, 1.165) is 40.9 Å². The molecular formula is C38H43N3O6. The van der Waals surface area contributed by atoms with Crippen LogP contribution < -0.4 is 10.6 Å². The summed E-state index contributed by atoms with van der Waals surface area (Å²) in [5.41, 5.74) is 5.80. The molecule has 4 aromatic rings. The van der Waals surface area contributed by atoms with Crippen LogP contribution in [-0.2, 0) is 45.1 Å². The van der Waals surface area contributed by atoms with E-state index in [4.69, 9.17) is 14.2 Å². The minimum Gasteiger partial charge on any atom is -0.467 e. The molecule has 1 saturated heterocycles.